The highest BCUT2D eigenvalue weighted by molar-refractivity contribution is 5.74. The van der Waals surface area contributed by atoms with Crippen LogP contribution in [-0.2, 0) is 0 Å². The molecule has 0 spiro atoms. The first-order valence-corrected chi connectivity index (χ1v) is 4.33. The van der Waals surface area contributed by atoms with Gasteiger partial charge < -0.3 is 11.5 Å². The molecule has 3 heteroatoms. The normalized spacial score (nSPS) is 10.0. The second-order valence-electron chi connectivity index (χ2n) is 3.09. The molecule has 1 aromatic heterocycles. The number of pyridine rings is 1. The van der Waals surface area contributed by atoms with Gasteiger partial charge in [0.25, 0.3) is 0 Å². The third-order valence-corrected chi connectivity index (χ3v) is 2.08. The Labute approximate surface area is 82.4 Å². The van der Waals surface area contributed by atoms with E-state index in [2.05, 4.69) is 4.98 Å². The Morgan fingerprint density at radius 3 is 2.43 bits per heavy atom. The number of nitrogens with two attached hydrogens (primary N) is 2. The molecule has 0 unspecified atom stereocenters. The van der Waals surface area contributed by atoms with E-state index < -0.39 is 0 Å². The maximum absolute atomic E-state index is 5.71. The van der Waals surface area contributed by atoms with E-state index in [1.165, 1.54) is 0 Å². The molecule has 0 radical (unpaired) electrons. The lowest BCUT2D eigenvalue weighted by molar-refractivity contribution is 1.33. The summed E-state index contributed by atoms with van der Waals surface area (Å²) >= 11 is 0. The Kier molecular flexibility index (Phi) is 2.07. The molecule has 3 nitrogen and oxygen atoms in total. The number of benzene rings is 1. The summed E-state index contributed by atoms with van der Waals surface area (Å²) in [5.41, 5.74) is 14.6. The topological polar surface area (TPSA) is 64.9 Å². The highest BCUT2D eigenvalue weighted by Gasteiger charge is 1.99. The van der Waals surface area contributed by atoms with E-state index in [-0.39, 0.29) is 0 Å². The summed E-state index contributed by atoms with van der Waals surface area (Å²) in [6.07, 6.45) is 3.54. The number of hydrogen-bond donors (Lipinski definition) is 2. The monoisotopic (exact) mass is 185 g/mol. The number of nitrogen functional groups attached to an aromatic ring is 2. The first kappa shape index (κ1) is 8.56. The van der Waals surface area contributed by atoms with Crippen molar-refractivity contribution < 1.29 is 0 Å². The van der Waals surface area contributed by atoms with Gasteiger partial charge in [0.1, 0.15) is 0 Å². The van der Waals surface area contributed by atoms with Gasteiger partial charge in [0.15, 0.2) is 0 Å². The van der Waals surface area contributed by atoms with Gasteiger partial charge >= 0.3 is 0 Å². The first-order chi connectivity index (χ1) is 6.77. The van der Waals surface area contributed by atoms with Crippen LogP contribution in [0.1, 0.15) is 0 Å². The molecule has 0 amide bonds. The molecule has 0 saturated carbocycles. The molecule has 0 saturated heterocycles. The molecule has 0 bridgehead atoms. The lowest BCUT2D eigenvalue weighted by Gasteiger charge is -2.04. The predicted molar refractivity (Wildman–Crippen MR) is 58.5 cm³/mol. The van der Waals surface area contributed by atoms with Crippen LogP contribution in [-0.4, -0.2) is 4.98 Å². The van der Waals surface area contributed by atoms with Crippen molar-refractivity contribution >= 4 is 11.4 Å². The van der Waals surface area contributed by atoms with Crippen LogP contribution in [0.2, 0.25) is 0 Å². The maximum Gasteiger partial charge on any atom is 0.0554 e. The molecule has 70 valence electrons. The Hall–Kier alpha value is -2.03. The first-order valence-electron chi connectivity index (χ1n) is 4.33. The Balaban J connectivity index is 2.48. The van der Waals surface area contributed by atoms with Gasteiger partial charge in [-0.1, -0.05) is 12.1 Å². The van der Waals surface area contributed by atoms with Crippen LogP contribution < -0.4 is 11.5 Å². The Morgan fingerprint density at radius 2 is 1.79 bits per heavy atom. The summed E-state index contributed by atoms with van der Waals surface area (Å²) in [5, 5.41) is 0. The molecule has 1 aromatic carbocycles. The van der Waals surface area contributed by atoms with Crippen molar-refractivity contribution in [3.8, 4) is 11.1 Å². The highest BCUT2D eigenvalue weighted by Crippen LogP contribution is 2.24. The molecule has 0 aliphatic rings. The van der Waals surface area contributed by atoms with Crippen molar-refractivity contribution in [2.45, 2.75) is 0 Å². The average molecular weight is 185 g/mol. The zero-order chi connectivity index (χ0) is 9.97. The highest BCUT2D eigenvalue weighted by atomic mass is 14.7. The van der Waals surface area contributed by atoms with E-state index in [4.69, 9.17) is 11.5 Å². The van der Waals surface area contributed by atoms with Crippen LogP contribution in [0.5, 0.6) is 0 Å². The molecule has 1 heterocycles. The van der Waals surface area contributed by atoms with E-state index in [1.54, 1.807) is 18.5 Å². The average Bonchev–Trinajstić information content (AvgIpc) is 2.23. The number of anilines is 2. The van der Waals surface area contributed by atoms with Gasteiger partial charge in [-0.3, -0.25) is 4.98 Å². The summed E-state index contributed by atoms with van der Waals surface area (Å²) in [6, 6.07) is 9.46. The van der Waals surface area contributed by atoms with Crippen LogP contribution in [0.25, 0.3) is 11.1 Å². The second kappa shape index (κ2) is 3.38. The summed E-state index contributed by atoms with van der Waals surface area (Å²) in [6.45, 7) is 0. The Bertz CT molecular complexity index is 438. The van der Waals surface area contributed by atoms with Gasteiger partial charge in [-0.25, -0.2) is 0 Å². The summed E-state index contributed by atoms with van der Waals surface area (Å²) in [4.78, 5) is 4.04. The van der Waals surface area contributed by atoms with Crippen LogP contribution in [0.4, 0.5) is 11.4 Å². The lowest BCUT2D eigenvalue weighted by Crippen LogP contribution is -1.94. The van der Waals surface area contributed by atoms with Gasteiger partial charge in [0, 0.05) is 18.0 Å². The quantitative estimate of drug-likeness (QED) is 0.667. The van der Waals surface area contributed by atoms with E-state index in [1.807, 2.05) is 24.3 Å². The van der Waals surface area contributed by atoms with Gasteiger partial charge in [0.05, 0.1) is 11.4 Å². The third kappa shape index (κ3) is 1.52. The SMILES string of the molecule is Nc1ccc(-c2cccnc2)cc1N. The number of rotatable bonds is 1. The molecule has 14 heavy (non-hydrogen) atoms. The standard InChI is InChI=1S/C11H11N3/c12-10-4-3-8(6-11(10)13)9-2-1-5-14-7-9/h1-7H,12-13H2. The number of nitrogens with zero attached hydrogens (tertiary/aromatic N) is 1. The lowest BCUT2D eigenvalue weighted by atomic mass is 10.1. The van der Waals surface area contributed by atoms with E-state index in [0.717, 1.165) is 11.1 Å². The van der Waals surface area contributed by atoms with Crippen LogP contribution >= 0.6 is 0 Å². The summed E-state index contributed by atoms with van der Waals surface area (Å²) < 4.78 is 0. The fourth-order valence-corrected chi connectivity index (χ4v) is 1.29. The van der Waals surface area contributed by atoms with Crippen molar-refractivity contribution in [1.29, 1.82) is 0 Å². The molecule has 0 aliphatic heterocycles. The van der Waals surface area contributed by atoms with Crippen molar-refractivity contribution in [1.82, 2.24) is 4.98 Å². The molecule has 2 aromatic rings. The molecular weight excluding hydrogens is 174 g/mol. The van der Waals surface area contributed by atoms with Gasteiger partial charge in [-0.15, -0.1) is 0 Å². The summed E-state index contributed by atoms with van der Waals surface area (Å²) in [7, 11) is 0. The molecular formula is C11H11N3. The third-order valence-electron chi connectivity index (χ3n) is 2.08. The molecule has 0 fully saturated rings. The molecule has 0 aliphatic carbocycles. The van der Waals surface area contributed by atoms with Gasteiger partial charge in [-0.2, -0.15) is 0 Å². The largest absolute Gasteiger partial charge is 0.397 e. The number of hydrogen-bond acceptors (Lipinski definition) is 3. The molecule has 4 N–H and O–H groups in total. The maximum atomic E-state index is 5.71. The minimum Gasteiger partial charge on any atom is -0.397 e. The summed E-state index contributed by atoms with van der Waals surface area (Å²) in [5.74, 6) is 0. The number of aromatic nitrogens is 1. The minimum atomic E-state index is 0.603. The van der Waals surface area contributed by atoms with Crippen molar-refractivity contribution in [2.75, 3.05) is 11.5 Å². The zero-order valence-corrected chi connectivity index (χ0v) is 7.64. The molecule has 2 rings (SSSR count). The smallest absolute Gasteiger partial charge is 0.0554 e. The van der Waals surface area contributed by atoms with Crippen molar-refractivity contribution in [3.63, 3.8) is 0 Å². The van der Waals surface area contributed by atoms with Gasteiger partial charge in [-0.05, 0) is 23.8 Å². The second-order valence-corrected chi connectivity index (χ2v) is 3.09. The van der Waals surface area contributed by atoms with Crippen LogP contribution in [0.15, 0.2) is 42.7 Å². The van der Waals surface area contributed by atoms with Crippen LogP contribution in [0.3, 0.4) is 0 Å². The van der Waals surface area contributed by atoms with Crippen molar-refractivity contribution in [2.24, 2.45) is 0 Å². The zero-order valence-electron chi connectivity index (χ0n) is 7.64. The van der Waals surface area contributed by atoms with Crippen molar-refractivity contribution in [3.05, 3.63) is 42.7 Å². The predicted octanol–water partition coefficient (Wildman–Crippen LogP) is 1.91. The van der Waals surface area contributed by atoms with Crippen LogP contribution in [0, 0.1) is 0 Å². The minimum absolute atomic E-state index is 0.603. The van der Waals surface area contributed by atoms with E-state index in [0.29, 0.717) is 11.4 Å². The van der Waals surface area contributed by atoms with E-state index >= 15 is 0 Å². The van der Waals surface area contributed by atoms with Gasteiger partial charge in [0.2, 0.25) is 0 Å². The fraction of sp³-hybridized carbons (Fsp3) is 0. The fourth-order valence-electron chi connectivity index (χ4n) is 1.29. The Morgan fingerprint density at radius 1 is 0.929 bits per heavy atom. The van der Waals surface area contributed by atoms with E-state index in [9.17, 15) is 0 Å². The molecule has 0 atom stereocenters.